The van der Waals surface area contributed by atoms with E-state index in [9.17, 15) is 4.79 Å². The number of carbonyl (C=O) groups excluding carboxylic acids is 1. The second kappa shape index (κ2) is 7.88. The number of nitrogens with zero attached hydrogens (tertiary/aromatic N) is 3. The van der Waals surface area contributed by atoms with E-state index in [0.717, 1.165) is 30.0 Å². The Morgan fingerprint density at radius 3 is 3.15 bits per heavy atom. The van der Waals surface area contributed by atoms with Gasteiger partial charge in [0, 0.05) is 18.1 Å². The molecule has 2 atom stereocenters. The number of benzene rings is 1. The molecule has 1 N–H and O–H groups in total. The maximum absolute atomic E-state index is 12.6. The molecule has 3 aromatic rings. The molecule has 0 saturated heterocycles. The fourth-order valence-electron chi connectivity index (χ4n) is 3.67. The number of hydrogen-bond donors (Lipinski definition) is 1. The molecular formula is C21H24N4O2. The van der Waals surface area contributed by atoms with E-state index in [-0.39, 0.29) is 5.91 Å². The summed E-state index contributed by atoms with van der Waals surface area (Å²) in [6.07, 6.45) is 10.1. The first-order valence-corrected chi connectivity index (χ1v) is 9.49. The lowest BCUT2D eigenvalue weighted by atomic mass is 9.89. The molecule has 0 aliphatic heterocycles. The SMILES string of the molecule is C[C@@H]1CCC[C@@H](OCc2cccc(NC(=O)c3cnn4cccnc34)c2)C1. The molecule has 2 aromatic heterocycles. The largest absolute Gasteiger partial charge is 0.374 e. The van der Waals surface area contributed by atoms with Gasteiger partial charge in [0.25, 0.3) is 5.91 Å². The molecule has 6 heteroatoms. The van der Waals surface area contributed by atoms with Crippen molar-refractivity contribution in [2.45, 2.75) is 45.3 Å². The Balaban J connectivity index is 1.41. The first-order chi connectivity index (χ1) is 13.2. The second-order valence-electron chi connectivity index (χ2n) is 7.31. The molecule has 0 bridgehead atoms. The number of fused-ring (bicyclic) bond motifs is 1. The Morgan fingerprint density at radius 2 is 2.26 bits per heavy atom. The van der Waals surface area contributed by atoms with Gasteiger partial charge < -0.3 is 10.1 Å². The molecule has 1 aromatic carbocycles. The highest BCUT2D eigenvalue weighted by molar-refractivity contribution is 6.08. The lowest BCUT2D eigenvalue weighted by Gasteiger charge is -2.26. The van der Waals surface area contributed by atoms with E-state index >= 15 is 0 Å². The van der Waals surface area contributed by atoms with E-state index in [2.05, 4.69) is 22.3 Å². The summed E-state index contributed by atoms with van der Waals surface area (Å²) < 4.78 is 7.68. The molecule has 0 radical (unpaired) electrons. The van der Waals surface area contributed by atoms with Gasteiger partial charge in [-0.15, -0.1) is 0 Å². The smallest absolute Gasteiger partial charge is 0.261 e. The van der Waals surface area contributed by atoms with Gasteiger partial charge in [0.1, 0.15) is 5.56 Å². The Labute approximate surface area is 158 Å². The third-order valence-corrected chi connectivity index (χ3v) is 5.08. The monoisotopic (exact) mass is 364 g/mol. The van der Waals surface area contributed by atoms with Crippen LogP contribution in [0.25, 0.3) is 5.65 Å². The minimum atomic E-state index is -0.220. The predicted octanol–water partition coefficient (Wildman–Crippen LogP) is 4.08. The lowest BCUT2D eigenvalue weighted by Crippen LogP contribution is -2.21. The van der Waals surface area contributed by atoms with Gasteiger partial charge in [-0.05, 0) is 42.5 Å². The van der Waals surface area contributed by atoms with E-state index in [1.807, 2.05) is 24.3 Å². The van der Waals surface area contributed by atoms with E-state index in [4.69, 9.17) is 4.74 Å². The molecule has 0 spiro atoms. The van der Waals surface area contributed by atoms with Crippen LogP contribution in [0.5, 0.6) is 0 Å². The van der Waals surface area contributed by atoms with Gasteiger partial charge in [-0.1, -0.05) is 31.9 Å². The number of ether oxygens (including phenoxy) is 1. The van der Waals surface area contributed by atoms with E-state index in [1.54, 1.807) is 23.0 Å². The van der Waals surface area contributed by atoms with Crippen LogP contribution in [0, 0.1) is 5.92 Å². The Hall–Kier alpha value is -2.73. The van der Waals surface area contributed by atoms with E-state index in [1.165, 1.54) is 19.0 Å². The van der Waals surface area contributed by atoms with E-state index < -0.39 is 0 Å². The number of hydrogen-bond acceptors (Lipinski definition) is 4. The molecule has 1 amide bonds. The summed E-state index contributed by atoms with van der Waals surface area (Å²) in [5.41, 5.74) is 2.80. The summed E-state index contributed by atoms with van der Waals surface area (Å²) in [4.78, 5) is 16.8. The zero-order valence-corrected chi connectivity index (χ0v) is 15.5. The summed E-state index contributed by atoms with van der Waals surface area (Å²) >= 11 is 0. The van der Waals surface area contributed by atoms with Crippen LogP contribution in [-0.4, -0.2) is 26.6 Å². The third-order valence-electron chi connectivity index (χ3n) is 5.08. The van der Waals surface area contributed by atoms with E-state index in [0.29, 0.717) is 23.9 Å². The van der Waals surface area contributed by atoms with Gasteiger partial charge >= 0.3 is 0 Å². The van der Waals surface area contributed by atoms with Gasteiger partial charge in [-0.25, -0.2) is 9.50 Å². The van der Waals surface area contributed by atoms with Crippen molar-refractivity contribution < 1.29 is 9.53 Å². The summed E-state index contributed by atoms with van der Waals surface area (Å²) in [5, 5.41) is 7.09. The first kappa shape index (κ1) is 17.7. The summed E-state index contributed by atoms with van der Waals surface area (Å²) in [6, 6.07) is 9.58. The van der Waals surface area contributed by atoms with Gasteiger partial charge in [0.05, 0.1) is 18.9 Å². The molecule has 6 nitrogen and oxygen atoms in total. The standard InChI is InChI=1S/C21H24N4O2/c1-15-5-2-8-18(11-15)27-14-16-6-3-7-17(12-16)24-21(26)19-13-23-25-10-4-9-22-20(19)25/h3-4,6-7,9-10,12-13,15,18H,2,5,8,11,14H2,1H3,(H,24,26)/t15-,18-/m1/s1. The van der Waals surface area contributed by atoms with Crippen LogP contribution in [0.2, 0.25) is 0 Å². The Morgan fingerprint density at radius 1 is 1.33 bits per heavy atom. The molecule has 1 saturated carbocycles. The highest BCUT2D eigenvalue weighted by atomic mass is 16.5. The normalized spacial score (nSPS) is 19.9. The quantitative estimate of drug-likeness (QED) is 0.741. The highest BCUT2D eigenvalue weighted by Gasteiger charge is 2.19. The van der Waals surface area contributed by atoms with Crippen LogP contribution < -0.4 is 5.32 Å². The van der Waals surface area contributed by atoms with Crippen LogP contribution >= 0.6 is 0 Å². The maximum atomic E-state index is 12.6. The minimum Gasteiger partial charge on any atom is -0.374 e. The maximum Gasteiger partial charge on any atom is 0.261 e. The average molecular weight is 364 g/mol. The van der Waals surface area contributed by atoms with Crippen LogP contribution in [0.1, 0.15) is 48.5 Å². The summed E-state index contributed by atoms with van der Waals surface area (Å²) in [7, 11) is 0. The molecule has 2 heterocycles. The van der Waals surface area contributed by atoms with Crippen molar-refractivity contribution in [3.8, 4) is 0 Å². The van der Waals surface area contributed by atoms with Crippen LogP contribution in [0.15, 0.2) is 48.9 Å². The fourth-order valence-corrected chi connectivity index (χ4v) is 3.67. The zero-order chi connectivity index (χ0) is 18.6. The number of carbonyl (C=O) groups is 1. The van der Waals surface area contributed by atoms with Gasteiger partial charge in [-0.3, -0.25) is 4.79 Å². The van der Waals surface area contributed by atoms with Crippen LogP contribution in [0.4, 0.5) is 5.69 Å². The number of aromatic nitrogens is 3. The van der Waals surface area contributed by atoms with Crippen molar-refractivity contribution in [3.63, 3.8) is 0 Å². The number of rotatable bonds is 5. The summed E-state index contributed by atoms with van der Waals surface area (Å²) in [5.74, 6) is 0.525. The van der Waals surface area contributed by atoms with Crippen molar-refractivity contribution >= 4 is 17.2 Å². The molecule has 1 aliphatic carbocycles. The summed E-state index contributed by atoms with van der Waals surface area (Å²) in [6.45, 7) is 2.86. The van der Waals surface area contributed by atoms with Crippen molar-refractivity contribution in [2.75, 3.05) is 5.32 Å². The molecule has 4 rings (SSSR count). The van der Waals surface area contributed by atoms with Crippen LogP contribution in [0.3, 0.4) is 0 Å². The second-order valence-corrected chi connectivity index (χ2v) is 7.31. The van der Waals surface area contributed by atoms with Crippen molar-refractivity contribution in [2.24, 2.45) is 5.92 Å². The van der Waals surface area contributed by atoms with Gasteiger partial charge in [0.15, 0.2) is 5.65 Å². The zero-order valence-electron chi connectivity index (χ0n) is 15.5. The van der Waals surface area contributed by atoms with Gasteiger partial charge in [-0.2, -0.15) is 5.10 Å². The molecule has 0 unspecified atom stereocenters. The third kappa shape index (κ3) is 4.17. The number of anilines is 1. The fraction of sp³-hybridized carbons (Fsp3) is 0.381. The lowest BCUT2D eigenvalue weighted by molar-refractivity contribution is 0.00468. The Kier molecular flexibility index (Phi) is 5.16. The first-order valence-electron chi connectivity index (χ1n) is 9.49. The molecule has 1 aliphatic rings. The topological polar surface area (TPSA) is 68.5 Å². The van der Waals surface area contributed by atoms with Crippen molar-refractivity contribution in [1.82, 2.24) is 14.6 Å². The van der Waals surface area contributed by atoms with Crippen LogP contribution in [-0.2, 0) is 11.3 Å². The van der Waals surface area contributed by atoms with Crippen molar-refractivity contribution in [3.05, 3.63) is 60.0 Å². The average Bonchev–Trinajstić information content (AvgIpc) is 3.11. The number of nitrogens with one attached hydrogen (secondary N) is 1. The molecule has 27 heavy (non-hydrogen) atoms. The molecular weight excluding hydrogens is 340 g/mol. The van der Waals surface area contributed by atoms with Crippen molar-refractivity contribution in [1.29, 1.82) is 0 Å². The molecule has 140 valence electrons. The Bertz CT molecular complexity index is 937. The minimum absolute atomic E-state index is 0.220. The number of amides is 1. The van der Waals surface area contributed by atoms with Gasteiger partial charge in [0.2, 0.25) is 0 Å². The highest BCUT2D eigenvalue weighted by Crippen LogP contribution is 2.26. The molecule has 1 fully saturated rings. The predicted molar refractivity (Wildman–Crippen MR) is 104 cm³/mol.